The monoisotopic (exact) mass is 239 g/mol. The summed E-state index contributed by atoms with van der Waals surface area (Å²) in [5.41, 5.74) is 0.317. The van der Waals surface area contributed by atoms with Gasteiger partial charge in [0.25, 0.3) is 0 Å². The number of hydrogen-bond donors (Lipinski definition) is 1. The van der Waals surface area contributed by atoms with Gasteiger partial charge in [0, 0.05) is 20.1 Å². The maximum atomic E-state index is 11.0. The van der Waals surface area contributed by atoms with E-state index in [0.29, 0.717) is 17.5 Å². The first-order valence-corrected chi connectivity index (χ1v) is 5.32. The van der Waals surface area contributed by atoms with E-state index in [1.165, 1.54) is 0 Å². The smallest absolute Gasteiger partial charge is 0.332 e. The second-order valence-corrected chi connectivity index (χ2v) is 4.02. The van der Waals surface area contributed by atoms with Crippen LogP contribution in [-0.2, 0) is 0 Å². The van der Waals surface area contributed by atoms with Crippen LogP contribution in [-0.4, -0.2) is 35.0 Å². The zero-order valence-corrected chi connectivity index (χ0v) is 10.7. The largest absolute Gasteiger partial charge is 0.357 e. The molecule has 1 N–H and O–H groups in total. The van der Waals surface area contributed by atoms with Crippen molar-refractivity contribution in [2.24, 2.45) is 0 Å². The average molecular weight is 239 g/mol. The van der Waals surface area contributed by atoms with Gasteiger partial charge < -0.3 is 10.2 Å². The lowest BCUT2D eigenvalue weighted by molar-refractivity contribution is -0.385. The minimum absolute atomic E-state index is 0.0415. The normalized spacial score (nSPS) is 10.5. The van der Waals surface area contributed by atoms with Crippen LogP contribution in [0.25, 0.3) is 0 Å². The molecule has 1 aromatic heterocycles. The number of nitrogens with one attached hydrogen (secondary N) is 1. The summed E-state index contributed by atoms with van der Waals surface area (Å²) in [6, 6.07) is 0.118. The first-order chi connectivity index (χ1) is 7.88. The van der Waals surface area contributed by atoms with Crippen molar-refractivity contribution in [1.29, 1.82) is 0 Å². The van der Waals surface area contributed by atoms with Crippen LogP contribution < -0.4 is 10.2 Å². The van der Waals surface area contributed by atoms with Gasteiger partial charge in [-0.2, -0.15) is 4.98 Å². The van der Waals surface area contributed by atoms with E-state index in [0.717, 1.165) is 0 Å². The van der Waals surface area contributed by atoms with Crippen LogP contribution in [0.4, 0.5) is 17.5 Å². The van der Waals surface area contributed by atoms with Gasteiger partial charge in [-0.05, 0) is 20.8 Å². The first kappa shape index (κ1) is 13.1. The molecule has 17 heavy (non-hydrogen) atoms. The Morgan fingerprint density at radius 3 is 2.41 bits per heavy atom. The molecule has 7 nitrogen and oxygen atoms in total. The van der Waals surface area contributed by atoms with Crippen molar-refractivity contribution >= 4 is 17.5 Å². The lowest BCUT2D eigenvalue weighted by Gasteiger charge is -2.22. The number of hydrogen-bond acceptors (Lipinski definition) is 6. The van der Waals surface area contributed by atoms with E-state index in [4.69, 9.17) is 0 Å². The molecule has 7 heteroatoms. The number of nitrogens with zero attached hydrogens (tertiary/aromatic N) is 4. The Morgan fingerprint density at radius 2 is 2.00 bits per heavy atom. The fraction of sp³-hybridized carbons (Fsp3) is 0.600. The lowest BCUT2D eigenvalue weighted by atomic mass is 10.3. The van der Waals surface area contributed by atoms with E-state index in [2.05, 4.69) is 15.3 Å². The highest BCUT2D eigenvalue weighted by molar-refractivity contribution is 5.62. The van der Waals surface area contributed by atoms with Gasteiger partial charge in [0.2, 0.25) is 11.8 Å². The summed E-state index contributed by atoms with van der Waals surface area (Å²) in [6.45, 7) is 5.50. The Kier molecular flexibility index (Phi) is 3.82. The van der Waals surface area contributed by atoms with Gasteiger partial charge in [-0.15, -0.1) is 0 Å². The van der Waals surface area contributed by atoms with Gasteiger partial charge in [-0.3, -0.25) is 10.1 Å². The topological polar surface area (TPSA) is 84.2 Å². The van der Waals surface area contributed by atoms with E-state index in [9.17, 15) is 10.1 Å². The molecule has 0 radical (unpaired) electrons. The molecule has 0 saturated heterocycles. The van der Waals surface area contributed by atoms with Crippen molar-refractivity contribution in [3.63, 3.8) is 0 Å². The molecule has 1 aromatic rings. The molecule has 0 atom stereocenters. The third kappa shape index (κ3) is 2.61. The van der Waals surface area contributed by atoms with Gasteiger partial charge in [0.05, 0.1) is 4.92 Å². The van der Waals surface area contributed by atoms with Crippen LogP contribution in [0.3, 0.4) is 0 Å². The number of aryl methyl sites for hydroxylation is 1. The molecule has 0 amide bonds. The first-order valence-electron chi connectivity index (χ1n) is 5.32. The molecular formula is C10H17N5O2. The van der Waals surface area contributed by atoms with E-state index < -0.39 is 4.92 Å². The van der Waals surface area contributed by atoms with Crippen LogP contribution in [0.1, 0.15) is 19.5 Å². The van der Waals surface area contributed by atoms with Gasteiger partial charge in [0.15, 0.2) is 0 Å². The third-order valence-corrected chi connectivity index (χ3v) is 2.55. The summed E-state index contributed by atoms with van der Waals surface area (Å²) >= 11 is 0. The molecule has 0 aliphatic carbocycles. The van der Waals surface area contributed by atoms with Gasteiger partial charge >= 0.3 is 5.69 Å². The van der Waals surface area contributed by atoms with Crippen molar-refractivity contribution in [2.45, 2.75) is 26.8 Å². The van der Waals surface area contributed by atoms with Crippen molar-refractivity contribution in [2.75, 3.05) is 24.3 Å². The summed E-state index contributed by atoms with van der Waals surface area (Å²) in [5.74, 6) is 0.720. The molecule has 0 aliphatic rings. The van der Waals surface area contributed by atoms with Crippen LogP contribution in [0.15, 0.2) is 0 Å². The molecule has 0 bridgehead atoms. The van der Waals surface area contributed by atoms with Crippen LogP contribution >= 0.6 is 0 Å². The molecule has 1 rings (SSSR count). The fourth-order valence-electron chi connectivity index (χ4n) is 1.37. The Bertz CT molecular complexity index is 433. The fourth-order valence-corrected chi connectivity index (χ4v) is 1.37. The van der Waals surface area contributed by atoms with Gasteiger partial charge in [-0.1, -0.05) is 0 Å². The Labute approximate surface area is 100 Å². The Balaban J connectivity index is 3.42. The standard InChI is InChI=1S/C10H17N5O2/c1-6(2)14(5)9-8(15(16)17)7(3)12-10(11-4)13-9/h6H,1-5H3,(H,11,12,13). The Morgan fingerprint density at radius 1 is 1.41 bits per heavy atom. The van der Waals surface area contributed by atoms with Crippen molar-refractivity contribution < 1.29 is 4.92 Å². The molecule has 0 unspecified atom stereocenters. The van der Waals surface area contributed by atoms with E-state index in [1.54, 1.807) is 25.9 Å². The molecular weight excluding hydrogens is 222 g/mol. The second-order valence-electron chi connectivity index (χ2n) is 4.02. The summed E-state index contributed by atoms with van der Waals surface area (Å²) in [6.07, 6.45) is 0. The number of rotatable bonds is 4. The molecule has 0 aliphatic heterocycles. The van der Waals surface area contributed by atoms with E-state index in [1.807, 2.05) is 13.8 Å². The summed E-state index contributed by atoms with van der Waals surface area (Å²) in [7, 11) is 3.46. The molecule has 0 aromatic carbocycles. The van der Waals surface area contributed by atoms with Crippen LogP contribution in [0.2, 0.25) is 0 Å². The van der Waals surface area contributed by atoms with Crippen molar-refractivity contribution in [1.82, 2.24) is 9.97 Å². The van der Waals surface area contributed by atoms with Crippen LogP contribution in [0, 0.1) is 17.0 Å². The zero-order valence-electron chi connectivity index (χ0n) is 10.7. The minimum atomic E-state index is -0.441. The lowest BCUT2D eigenvalue weighted by Crippen LogP contribution is -2.28. The number of aromatic nitrogens is 2. The molecule has 0 fully saturated rings. The highest BCUT2D eigenvalue weighted by atomic mass is 16.6. The molecule has 94 valence electrons. The highest BCUT2D eigenvalue weighted by Crippen LogP contribution is 2.29. The average Bonchev–Trinajstić information content (AvgIpc) is 2.25. The third-order valence-electron chi connectivity index (χ3n) is 2.55. The van der Waals surface area contributed by atoms with Gasteiger partial charge in [0.1, 0.15) is 5.69 Å². The van der Waals surface area contributed by atoms with E-state index in [-0.39, 0.29) is 11.7 Å². The van der Waals surface area contributed by atoms with E-state index >= 15 is 0 Å². The predicted molar refractivity (Wildman–Crippen MR) is 66.5 cm³/mol. The maximum absolute atomic E-state index is 11.0. The molecule has 1 heterocycles. The summed E-state index contributed by atoms with van der Waals surface area (Å²) in [5, 5.41) is 13.8. The van der Waals surface area contributed by atoms with Crippen molar-refractivity contribution in [3.05, 3.63) is 15.8 Å². The van der Waals surface area contributed by atoms with Crippen molar-refractivity contribution in [3.8, 4) is 0 Å². The zero-order chi connectivity index (χ0) is 13.2. The van der Waals surface area contributed by atoms with Gasteiger partial charge in [-0.25, -0.2) is 4.98 Å². The van der Waals surface area contributed by atoms with Crippen LogP contribution in [0.5, 0.6) is 0 Å². The molecule has 0 spiro atoms. The summed E-state index contributed by atoms with van der Waals surface area (Å²) < 4.78 is 0. The predicted octanol–water partition coefficient (Wildman–Crippen LogP) is 1.58. The second kappa shape index (κ2) is 4.94. The number of anilines is 2. The minimum Gasteiger partial charge on any atom is -0.357 e. The number of nitro groups is 1. The highest BCUT2D eigenvalue weighted by Gasteiger charge is 2.25. The maximum Gasteiger partial charge on any atom is 0.332 e. The quantitative estimate of drug-likeness (QED) is 0.634. The molecule has 0 saturated carbocycles. The Hall–Kier alpha value is -1.92. The SMILES string of the molecule is CNc1nc(C)c([N+](=O)[O-])c(N(C)C(C)C)n1. The summed E-state index contributed by atoms with van der Waals surface area (Å²) in [4.78, 5) is 20.5.